The summed E-state index contributed by atoms with van der Waals surface area (Å²) >= 11 is 0. The SMILES string of the molecule is CC[C@@H]1C[C@H](N(Cc2cc(C(F)(F)F)cc(C(F)(F)F)c2)c2ncc(-c3cnn(C)c3)cn2)C[C@H](CC)N1C(=O)OCCCCC(=O)O. The Kier molecular flexibility index (Phi) is 11.6. The molecule has 3 heterocycles. The fourth-order valence-corrected chi connectivity index (χ4v) is 6.00. The highest BCUT2D eigenvalue weighted by atomic mass is 19.4. The summed E-state index contributed by atoms with van der Waals surface area (Å²) in [6, 6.07) is 0.302. The largest absolute Gasteiger partial charge is 0.481 e. The molecule has 0 spiro atoms. The monoisotopic (exact) mass is 684 g/mol. The van der Waals surface area contributed by atoms with E-state index in [1.807, 2.05) is 13.8 Å². The third kappa shape index (κ3) is 9.16. The fourth-order valence-electron chi connectivity index (χ4n) is 6.00. The van der Waals surface area contributed by atoms with Gasteiger partial charge < -0.3 is 19.6 Å². The number of likely N-dealkylation sites (tertiary alicyclic amines) is 1. The van der Waals surface area contributed by atoms with Gasteiger partial charge in [0.05, 0.1) is 23.9 Å². The molecule has 1 aliphatic rings. The summed E-state index contributed by atoms with van der Waals surface area (Å²) < 4.78 is 89.6. The first-order valence-electron chi connectivity index (χ1n) is 15.6. The molecule has 0 saturated carbocycles. The lowest BCUT2D eigenvalue weighted by Crippen LogP contribution is -2.57. The van der Waals surface area contributed by atoms with Crippen LogP contribution in [0.15, 0.2) is 43.0 Å². The molecule has 3 atom stereocenters. The molecule has 2 aromatic heterocycles. The molecule has 10 nitrogen and oxygen atoms in total. The van der Waals surface area contributed by atoms with E-state index in [9.17, 15) is 35.9 Å². The van der Waals surface area contributed by atoms with Crippen molar-refractivity contribution in [3.63, 3.8) is 0 Å². The number of hydrogen-bond donors (Lipinski definition) is 1. The summed E-state index contributed by atoms with van der Waals surface area (Å²) in [5.74, 6) is -0.835. The minimum atomic E-state index is -5.01. The Balaban J connectivity index is 1.67. The van der Waals surface area contributed by atoms with E-state index in [1.165, 1.54) is 12.4 Å². The van der Waals surface area contributed by atoms with Gasteiger partial charge in [0.15, 0.2) is 0 Å². The zero-order valence-corrected chi connectivity index (χ0v) is 26.8. The number of carbonyl (C=O) groups is 2. The number of piperidine rings is 1. The molecule has 1 aromatic carbocycles. The molecule has 0 radical (unpaired) electrons. The molecular formula is C32H38F6N6O4. The van der Waals surface area contributed by atoms with E-state index >= 15 is 0 Å². The van der Waals surface area contributed by atoms with Crippen molar-refractivity contribution in [2.75, 3.05) is 11.5 Å². The van der Waals surface area contributed by atoms with Gasteiger partial charge in [0.2, 0.25) is 5.95 Å². The first-order valence-corrected chi connectivity index (χ1v) is 15.6. The summed E-state index contributed by atoms with van der Waals surface area (Å²) in [6.07, 6.45) is -1.88. The second-order valence-corrected chi connectivity index (χ2v) is 11.8. The van der Waals surface area contributed by atoms with Gasteiger partial charge in [-0.25, -0.2) is 14.8 Å². The van der Waals surface area contributed by atoms with E-state index in [2.05, 4.69) is 15.1 Å². The summed E-state index contributed by atoms with van der Waals surface area (Å²) in [5.41, 5.74) is -1.72. The highest BCUT2D eigenvalue weighted by molar-refractivity contribution is 5.69. The number of amides is 1. The van der Waals surface area contributed by atoms with E-state index in [0.29, 0.717) is 56.2 Å². The number of nitrogens with zero attached hydrogens (tertiary/aromatic N) is 6. The summed E-state index contributed by atoms with van der Waals surface area (Å²) in [7, 11) is 1.74. The van der Waals surface area contributed by atoms with Gasteiger partial charge in [0.25, 0.3) is 0 Å². The van der Waals surface area contributed by atoms with E-state index in [1.54, 1.807) is 33.9 Å². The van der Waals surface area contributed by atoms with Gasteiger partial charge in [0, 0.05) is 67.9 Å². The summed E-state index contributed by atoms with van der Waals surface area (Å²) in [6.45, 7) is 3.43. The van der Waals surface area contributed by atoms with Crippen LogP contribution in [0.5, 0.6) is 0 Å². The molecule has 1 aliphatic heterocycles. The molecule has 262 valence electrons. The number of rotatable bonds is 12. The van der Waals surface area contributed by atoms with E-state index in [-0.39, 0.29) is 49.2 Å². The van der Waals surface area contributed by atoms with Gasteiger partial charge in [-0.3, -0.25) is 9.48 Å². The number of unbranched alkanes of at least 4 members (excludes halogenated alkanes) is 1. The van der Waals surface area contributed by atoms with Crippen molar-refractivity contribution in [2.24, 2.45) is 7.05 Å². The number of ether oxygens (including phenoxy) is 1. The van der Waals surface area contributed by atoms with Gasteiger partial charge in [0.1, 0.15) is 0 Å². The van der Waals surface area contributed by atoms with Crippen molar-refractivity contribution in [2.45, 2.75) is 95.8 Å². The van der Waals surface area contributed by atoms with Crippen molar-refractivity contribution in [1.82, 2.24) is 24.6 Å². The molecule has 1 fully saturated rings. The first kappa shape index (κ1) is 36.5. The topological polar surface area (TPSA) is 114 Å². The van der Waals surface area contributed by atoms with Crippen LogP contribution >= 0.6 is 0 Å². The Morgan fingerprint density at radius 1 is 0.917 bits per heavy atom. The van der Waals surface area contributed by atoms with Crippen LogP contribution in [0, 0.1) is 0 Å². The lowest BCUT2D eigenvalue weighted by molar-refractivity contribution is -0.143. The average molecular weight is 685 g/mol. The van der Waals surface area contributed by atoms with E-state index in [4.69, 9.17) is 9.84 Å². The molecule has 0 bridgehead atoms. The number of alkyl halides is 6. The molecule has 48 heavy (non-hydrogen) atoms. The van der Waals surface area contributed by atoms with Gasteiger partial charge in [-0.1, -0.05) is 13.8 Å². The highest BCUT2D eigenvalue weighted by Gasteiger charge is 2.41. The zero-order chi connectivity index (χ0) is 35.2. The number of benzene rings is 1. The van der Waals surface area contributed by atoms with Crippen LogP contribution in [-0.4, -0.2) is 66.5 Å². The maximum Gasteiger partial charge on any atom is 0.416 e. The molecule has 0 aliphatic carbocycles. The maximum atomic E-state index is 13.8. The Hall–Kier alpha value is -4.37. The van der Waals surface area contributed by atoms with Crippen molar-refractivity contribution in [1.29, 1.82) is 0 Å². The summed E-state index contributed by atoms with van der Waals surface area (Å²) in [5, 5.41) is 13.0. The van der Waals surface area contributed by atoms with Crippen LogP contribution < -0.4 is 4.90 Å². The average Bonchev–Trinajstić information content (AvgIpc) is 3.47. The number of aryl methyl sites for hydroxylation is 1. The molecular weight excluding hydrogens is 646 g/mol. The van der Waals surface area contributed by atoms with Crippen LogP contribution in [0.4, 0.5) is 37.1 Å². The van der Waals surface area contributed by atoms with Crippen LogP contribution in [-0.2, 0) is 35.5 Å². The second kappa shape index (κ2) is 15.2. The lowest BCUT2D eigenvalue weighted by Gasteiger charge is -2.47. The predicted molar refractivity (Wildman–Crippen MR) is 163 cm³/mol. The summed E-state index contributed by atoms with van der Waals surface area (Å²) in [4.78, 5) is 36.3. The molecule has 16 heteroatoms. The minimum Gasteiger partial charge on any atom is -0.481 e. The normalized spacial score (nSPS) is 18.5. The molecule has 1 N–H and O–H groups in total. The Bertz CT molecular complexity index is 1500. The quantitative estimate of drug-likeness (QED) is 0.156. The molecule has 0 unspecified atom stereocenters. The Morgan fingerprint density at radius 2 is 1.50 bits per heavy atom. The number of hydrogen-bond acceptors (Lipinski definition) is 7. The van der Waals surface area contributed by atoms with Crippen LogP contribution in [0.25, 0.3) is 11.1 Å². The van der Waals surface area contributed by atoms with Crippen LogP contribution in [0.1, 0.15) is 75.5 Å². The molecule has 4 rings (SSSR count). The maximum absolute atomic E-state index is 13.8. The van der Waals surface area contributed by atoms with Crippen LogP contribution in [0.3, 0.4) is 0 Å². The Labute approximate surface area is 273 Å². The van der Waals surface area contributed by atoms with Crippen molar-refractivity contribution < 1.29 is 45.8 Å². The standard InChI is InChI=1S/C32H38F6N6O4/c1-4-25-13-27(14-26(5-2)44(25)30(47)48-9-7-6-8-28(45)46)43(29-39-15-21(16-40-29)22-17-41-42(3)19-22)18-20-10-23(31(33,34)35)12-24(11-20)32(36,37)38/h10-12,15-17,19,25-27H,4-9,13-14,18H2,1-3H3,(H,45,46)/t25-,26+,27+. The number of aliphatic carboxylic acids is 1. The van der Waals surface area contributed by atoms with Gasteiger partial charge >= 0.3 is 24.4 Å². The van der Waals surface area contributed by atoms with E-state index in [0.717, 1.165) is 5.56 Å². The number of aromatic nitrogens is 4. The Morgan fingerprint density at radius 3 is 1.98 bits per heavy atom. The highest BCUT2D eigenvalue weighted by Crippen LogP contribution is 2.38. The number of carbonyl (C=O) groups excluding carboxylic acids is 1. The zero-order valence-electron chi connectivity index (χ0n) is 26.8. The van der Waals surface area contributed by atoms with E-state index < -0.39 is 41.6 Å². The third-order valence-corrected chi connectivity index (χ3v) is 8.41. The van der Waals surface area contributed by atoms with Crippen LogP contribution in [0.2, 0.25) is 0 Å². The number of halogens is 6. The smallest absolute Gasteiger partial charge is 0.416 e. The number of carboxylic acids is 1. The molecule has 1 saturated heterocycles. The minimum absolute atomic E-state index is 0.0409. The number of anilines is 1. The van der Waals surface area contributed by atoms with Crippen molar-refractivity contribution in [3.05, 3.63) is 59.7 Å². The fraction of sp³-hybridized carbons (Fsp3) is 0.531. The molecule has 3 aromatic rings. The number of carboxylic acid groups (broad SMARTS) is 1. The van der Waals surface area contributed by atoms with Gasteiger partial charge in [-0.15, -0.1) is 0 Å². The third-order valence-electron chi connectivity index (χ3n) is 8.41. The van der Waals surface area contributed by atoms with Crippen molar-refractivity contribution in [3.8, 4) is 11.1 Å². The van der Waals surface area contributed by atoms with Gasteiger partial charge in [-0.05, 0) is 62.3 Å². The predicted octanol–water partition coefficient (Wildman–Crippen LogP) is 7.33. The second-order valence-electron chi connectivity index (χ2n) is 11.8. The van der Waals surface area contributed by atoms with Crippen molar-refractivity contribution >= 4 is 18.0 Å². The molecule has 1 amide bonds. The lowest BCUT2D eigenvalue weighted by atomic mass is 9.87. The first-order chi connectivity index (χ1) is 22.6. The van der Waals surface area contributed by atoms with Gasteiger partial charge in [-0.2, -0.15) is 31.4 Å².